The fourth-order valence-electron chi connectivity index (χ4n) is 2.77. The third-order valence-electron chi connectivity index (χ3n) is 4.11. The minimum absolute atomic E-state index is 0.0924. The zero-order chi connectivity index (χ0) is 13.9. The number of hydrogen-bond donors (Lipinski definition) is 1. The predicted octanol–water partition coefficient (Wildman–Crippen LogP) is 4.29. The van der Waals surface area contributed by atoms with Crippen molar-refractivity contribution in [2.75, 3.05) is 12.8 Å². The van der Waals surface area contributed by atoms with Crippen LogP contribution in [0.15, 0.2) is 18.2 Å². The van der Waals surface area contributed by atoms with Gasteiger partial charge in [0.05, 0.1) is 0 Å². The molecule has 1 unspecified atom stereocenters. The van der Waals surface area contributed by atoms with Gasteiger partial charge in [0.25, 0.3) is 0 Å². The third kappa shape index (κ3) is 3.48. The molecule has 0 heterocycles. The maximum absolute atomic E-state index is 13.7. The molecule has 0 spiro atoms. The summed E-state index contributed by atoms with van der Waals surface area (Å²) in [7, 11) is 0. The summed E-state index contributed by atoms with van der Waals surface area (Å²) in [6, 6.07) is 3.71. The maximum Gasteiger partial charge on any atom is 0.130 e. The summed E-state index contributed by atoms with van der Waals surface area (Å²) in [6.07, 6.45) is 7.15. The normalized spacial score (nSPS) is 19.6. The van der Waals surface area contributed by atoms with Crippen molar-refractivity contribution in [3.63, 3.8) is 0 Å². The molecule has 19 heavy (non-hydrogen) atoms. The monoisotopic (exact) mass is 285 g/mol. The second-order valence-electron chi connectivity index (χ2n) is 5.36. The van der Waals surface area contributed by atoms with Gasteiger partial charge in [0.1, 0.15) is 11.6 Å². The van der Waals surface area contributed by atoms with Crippen LogP contribution in [0, 0.1) is 11.6 Å². The predicted molar refractivity (Wildman–Crippen MR) is 77.5 cm³/mol. The molecule has 1 saturated carbocycles. The quantitative estimate of drug-likeness (QED) is 0.866. The average Bonchev–Trinajstić information content (AvgIpc) is 2.85. The van der Waals surface area contributed by atoms with Gasteiger partial charge in [-0.1, -0.05) is 18.9 Å². The van der Waals surface area contributed by atoms with Gasteiger partial charge in [-0.05, 0) is 32.1 Å². The Hall–Kier alpha value is -0.610. The second kappa shape index (κ2) is 6.23. The van der Waals surface area contributed by atoms with Crippen LogP contribution in [0.5, 0.6) is 0 Å². The van der Waals surface area contributed by atoms with E-state index in [1.807, 2.05) is 18.7 Å². The van der Waals surface area contributed by atoms with E-state index in [1.165, 1.54) is 37.8 Å². The first-order valence-electron chi connectivity index (χ1n) is 6.80. The van der Waals surface area contributed by atoms with Crippen molar-refractivity contribution in [3.8, 4) is 0 Å². The topological polar surface area (TPSA) is 12.0 Å². The van der Waals surface area contributed by atoms with Crippen LogP contribution >= 0.6 is 11.8 Å². The van der Waals surface area contributed by atoms with Crippen LogP contribution in [0.2, 0.25) is 0 Å². The minimum Gasteiger partial charge on any atom is -0.309 e. The molecular formula is C15H21F2NS. The van der Waals surface area contributed by atoms with E-state index in [2.05, 4.69) is 11.6 Å². The van der Waals surface area contributed by atoms with Crippen LogP contribution in [0.1, 0.15) is 44.2 Å². The summed E-state index contributed by atoms with van der Waals surface area (Å²) >= 11 is 1.91. The van der Waals surface area contributed by atoms with Gasteiger partial charge in [0.15, 0.2) is 0 Å². The summed E-state index contributed by atoms with van der Waals surface area (Å²) in [5.74, 6) is -0.991. The zero-order valence-corrected chi connectivity index (χ0v) is 12.3. The summed E-state index contributed by atoms with van der Waals surface area (Å²) in [4.78, 5) is 0. The van der Waals surface area contributed by atoms with Crippen LogP contribution in [-0.4, -0.2) is 17.5 Å². The molecule has 1 nitrogen and oxygen atoms in total. The van der Waals surface area contributed by atoms with Crippen molar-refractivity contribution < 1.29 is 8.78 Å². The molecule has 1 N–H and O–H groups in total. The molecular weight excluding hydrogens is 264 g/mol. The lowest BCUT2D eigenvalue weighted by atomic mass is 10.0. The third-order valence-corrected chi connectivity index (χ3v) is 5.53. The van der Waals surface area contributed by atoms with Gasteiger partial charge in [-0.2, -0.15) is 11.8 Å². The van der Waals surface area contributed by atoms with E-state index < -0.39 is 11.6 Å². The smallest absolute Gasteiger partial charge is 0.130 e. The van der Waals surface area contributed by atoms with Crippen LogP contribution in [0.3, 0.4) is 0 Å². The van der Waals surface area contributed by atoms with Gasteiger partial charge in [-0.15, -0.1) is 0 Å². The van der Waals surface area contributed by atoms with Gasteiger partial charge in [-0.25, -0.2) is 8.78 Å². The van der Waals surface area contributed by atoms with E-state index in [0.717, 1.165) is 12.6 Å². The molecule has 1 aromatic rings. The molecule has 4 heteroatoms. The Labute approximate surface area is 118 Å². The van der Waals surface area contributed by atoms with E-state index in [1.54, 1.807) is 0 Å². The highest BCUT2D eigenvalue weighted by Gasteiger charge is 2.33. The Morgan fingerprint density at radius 1 is 1.32 bits per heavy atom. The van der Waals surface area contributed by atoms with E-state index in [0.29, 0.717) is 10.3 Å². The first-order chi connectivity index (χ1) is 9.06. The van der Waals surface area contributed by atoms with Crippen molar-refractivity contribution in [1.29, 1.82) is 0 Å². The molecule has 0 aromatic heterocycles. The van der Waals surface area contributed by atoms with Crippen LogP contribution in [-0.2, 0) is 0 Å². The van der Waals surface area contributed by atoms with Gasteiger partial charge in [0, 0.05) is 29.0 Å². The average molecular weight is 285 g/mol. The van der Waals surface area contributed by atoms with Gasteiger partial charge >= 0.3 is 0 Å². The number of thioether (sulfide) groups is 1. The SMILES string of the molecule is CSC1(CNC(C)c2ccc(F)cc2F)CCCC1. The Bertz CT molecular complexity index is 430. The first-order valence-corrected chi connectivity index (χ1v) is 8.02. The molecule has 1 aliphatic rings. The molecule has 0 amide bonds. The molecule has 0 bridgehead atoms. The summed E-state index contributed by atoms with van der Waals surface area (Å²) < 4.78 is 26.9. The largest absolute Gasteiger partial charge is 0.309 e. The molecule has 1 fully saturated rings. The fraction of sp³-hybridized carbons (Fsp3) is 0.600. The highest BCUT2D eigenvalue weighted by atomic mass is 32.2. The van der Waals surface area contributed by atoms with Gasteiger partial charge in [0.2, 0.25) is 0 Å². The molecule has 0 radical (unpaired) electrons. The van der Waals surface area contributed by atoms with Crippen LogP contribution in [0.4, 0.5) is 8.78 Å². The Kier molecular flexibility index (Phi) is 4.85. The second-order valence-corrected chi connectivity index (χ2v) is 6.64. The van der Waals surface area contributed by atoms with Crippen molar-refractivity contribution in [3.05, 3.63) is 35.4 Å². The van der Waals surface area contributed by atoms with E-state index in [4.69, 9.17) is 0 Å². The maximum atomic E-state index is 13.7. The lowest BCUT2D eigenvalue weighted by Gasteiger charge is -2.29. The minimum atomic E-state index is -0.523. The Balaban J connectivity index is 1.99. The molecule has 0 aliphatic heterocycles. The molecule has 1 atom stereocenters. The van der Waals surface area contributed by atoms with E-state index >= 15 is 0 Å². The molecule has 2 rings (SSSR count). The van der Waals surface area contributed by atoms with Crippen LogP contribution in [0.25, 0.3) is 0 Å². The highest BCUT2D eigenvalue weighted by molar-refractivity contribution is 8.00. The highest BCUT2D eigenvalue weighted by Crippen LogP contribution is 2.40. The van der Waals surface area contributed by atoms with Crippen molar-refractivity contribution >= 4 is 11.8 Å². The first kappa shape index (κ1) is 14.8. The van der Waals surface area contributed by atoms with Crippen LogP contribution < -0.4 is 5.32 Å². The van der Waals surface area contributed by atoms with Crippen molar-refractivity contribution in [2.24, 2.45) is 0 Å². The lowest BCUT2D eigenvalue weighted by Crippen LogP contribution is -2.36. The van der Waals surface area contributed by atoms with Gasteiger partial charge < -0.3 is 5.32 Å². The van der Waals surface area contributed by atoms with E-state index in [-0.39, 0.29) is 6.04 Å². The molecule has 0 saturated heterocycles. The Morgan fingerprint density at radius 3 is 2.58 bits per heavy atom. The fourth-order valence-corrected chi connectivity index (χ4v) is 3.70. The lowest BCUT2D eigenvalue weighted by molar-refractivity contribution is 0.469. The number of rotatable bonds is 5. The van der Waals surface area contributed by atoms with Crippen molar-refractivity contribution in [1.82, 2.24) is 5.32 Å². The van der Waals surface area contributed by atoms with Gasteiger partial charge in [-0.3, -0.25) is 0 Å². The molecule has 106 valence electrons. The number of halogens is 2. The Morgan fingerprint density at radius 2 is 2.00 bits per heavy atom. The van der Waals surface area contributed by atoms with Crippen molar-refractivity contribution in [2.45, 2.75) is 43.4 Å². The molecule has 1 aliphatic carbocycles. The standard InChI is InChI=1S/C15H21F2NS/c1-11(13-6-5-12(16)9-14(13)17)18-10-15(19-2)7-3-4-8-15/h5-6,9,11,18H,3-4,7-8,10H2,1-2H3. The number of nitrogens with one attached hydrogen (secondary N) is 1. The number of benzene rings is 1. The summed E-state index contributed by atoms with van der Waals surface area (Å²) in [6.45, 7) is 2.81. The molecule has 1 aromatic carbocycles. The van der Waals surface area contributed by atoms with E-state index in [9.17, 15) is 8.78 Å². The number of hydrogen-bond acceptors (Lipinski definition) is 2. The summed E-state index contributed by atoms with van der Waals surface area (Å²) in [5.41, 5.74) is 0.538. The summed E-state index contributed by atoms with van der Waals surface area (Å²) in [5, 5.41) is 3.41. The zero-order valence-electron chi connectivity index (χ0n) is 11.5.